The molecule has 32 heavy (non-hydrogen) atoms. The number of likely N-dealkylation sites (tertiary alicyclic amines) is 1. The normalized spacial score (nSPS) is 15.2. The zero-order chi connectivity index (χ0) is 21.9. The topological polar surface area (TPSA) is 76.4 Å². The van der Waals surface area contributed by atoms with E-state index in [1.807, 2.05) is 61.5 Å². The Morgan fingerprint density at radius 2 is 1.91 bits per heavy atom. The van der Waals surface area contributed by atoms with Gasteiger partial charge >= 0.3 is 0 Å². The Labute approximate surface area is 186 Å². The predicted molar refractivity (Wildman–Crippen MR) is 121 cm³/mol. The monoisotopic (exact) mass is 430 g/mol. The summed E-state index contributed by atoms with van der Waals surface area (Å²) in [5.74, 6) is 2.03. The third-order valence-electron chi connectivity index (χ3n) is 5.86. The lowest BCUT2D eigenvalue weighted by Crippen LogP contribution is -2.36. The van der Waals surface area contributed by atoms with E-state index in [0.29, 0.717) is 23.6 Å². The lowest BCUT2D eigenvalue weighted by molar-refractivity contribution is 0.0934. The molecule has 5 rings (SSSR count). The number of para-hydroxylation sites is 1. The van der Waals surface area contributed by atoms with Crippen LogP contribution < -0.4 is 5.32 Å². The average molecular weight is 431 g/mol. The molecule has 0 radical (unpaired) electrons. The molecule has 7 heteroatoms. The molecule has 4 aromatic rings. The molecule has 4 heterocycles. The number of carbonyl (C=O) groups is 1. The molecule has 1 saturated heterocycles. The van der Waals surface area contributed by atoms with E-state index >= 15 is 0 Å². The first-order valence-electron chi connectivity index (χ1n) is 11.0. The highest BCUT2D eigenvalue weighted by molar-refractivity contribution is 5.99. The molecule has 1 fully saturated rings. The minimum Gasteiger partial charge on any atom is -0.468 e. The number of benzene rings is 1. The quantitative estimate of drug-likeness (QED) is 0.464. The number of rotatable bonds is 7. The van der Waals surface area contributed by atoms with Gasteiger partial charge in [-0.25, -0.2) is 4.68 Å². The first kappa shape index (κ1) is 20.3. The van der Waals surface area contributed by atoms with E-state index in [4.69, 9.17) is 8.83 Å². The van der Waals surface area contributed by atoms with E-state index in [0.717, 1.165) is 43.1 Å². The van der Waals surface area contributed by atoms with Crippen molar-refractivity contribution in [2.75, 3.05) is 19.6 Å². The van der Waals surface area contributed by atoms with Crippen LogP contribution >= 0.6 is 0 Å². The Bertz CT molecular complexity index is 1170. The highest BCUT2D eigenvalue weighted by Gasteiger charge is 2.27. The van der Waals surface area contributed by atoms with E-state index in [9.17, 15) is 4.79 Å². The van der Waals surface area contributed by atoms with Crippen LogP contribution in [0.5, 0.6) is 0 Å². The third kappa shape index (κ3) is 4.11. The molecular weight excluding hydrogens is 404 g/mol. The van der Waals surface area contributed by atoms with E-state index < -0.39 is 0 Å². The van der Waals surface area contributed by atoms with Gasteiger partial charge in [0.25, 0.3) is 5.91 Å². The molecule has 1 aliphatic heterocycles. The van der Waals surface area contributed by atoms with Crippen LogP contribution in [0.25, 0.3) is 17.1 Å². The molecule has 0 spiro atoms. The number of aryl methyl sites for hydroxylation is 1. The fourth-order valence-corrected chi connectivity index (χ4v) is 4.23. The number of nitrogens with one attached hydrogen (secondary N) is 1. The number of hydrogen-bond acceptors (Lipinski definition) is 5. The minimum absolute atomic E-state index is 0.00919. The van der Waals surface area contributed by atoms with Crippen LogP contribution in [0.4, 0.5) is 0 Å². The smallest absolute Gasteiger partial charge is 0.255 e. The maximum absolute atomic E-state index is 13.3. The van der Waals surface area contributed by atoms with Gasteiger partial charge in [0.05, 0.1) is 23.6 Å². The van der Waals surface area contributed by atoms with Gasteiger partial charge in [-0.05, 0) is 69.3 Å². The molecule has 3 aromatic heterocycles. The molecule has 1 amide bonds. The van der Waals surface area contributed by atoms with Gasteiger partial charge in [-0.1, -0.05) is 18.2 Å². The molecule has 0 saturated carbocycles. The van der Waals surface area contributed by atoms with Gasteiger partial charge in [0.1, 0.15) is 17.2 Å². The van der Waals surface area contributed by atoms with Crippen molar-refractivity contribution in [3.8, 4) is 17.1 Å². The summed E-state index contributed by atoms with van der Waals surface area (Å²) in [7, 11) is 0. The number of nitrogens with zero attached hydrogens (tertiary/aromatic N) is 3. The molecule has 1 aromatic carbocycles. The number of aromatic nitrogens is 2. The summed E-state index contributed by atoms with van der Waals surface area (Å²) in [5, 5.41) is 7.78. The van der Waals surface area contributed by atoms with Crippen molar-refractivity contribution in [1.82, 2.24) is 20.0 Å². The summed E-state index contributed by atoms with van der Waals surface area (Å²) in [4.78, 5) is 15.7. The van der Waals surface area contributed by atoms with Crippen molar-refractivity contribution < 1.29 is 13.6 Å². The fraction of sp³-hybridized carbons (Fsp3) is 0.280. The molecular formula is C25H26N4O3. The Morgan fingerprint density at radius 1 is 1.09 bits per heavy atom. The number of furan rings is 2. The van der Waals surface area contributed by atoms with E-state index in [2.05, 4.69) is 15.3 Å². The van der Waals surface area contributed by atoms with E-state index in [-0.39, 0.29) is 11.9 Å². The summed E-state index contributed by atoms with van der Waals surface area (Å²) in [6.45, 7) is 4.34. The van der Waals surface area contributed by atoms with Gasteiger partial charge in [-0.2, -0.15) is 5.10 Å². The average Bonchev–Trinajstić information content (AvgIpc) is 3.61. The van der Waals surface area contributed by atoms with Gasteiger partial charge < -0.3 is 14.2 Å². The molecule has 0 aliphatic carbocycles. The second-order valence-electron chi connectivity index (χ2n) is 8.07. The van der Waals surface area contributed by atoms with Crippen molar-refractivity contribution in [3.05, 3.63) is 84.1 Å². The van der Waals surface area contributed by atoms with Crippen molar-refractivity contribution in [2.45, 2.75) is 25.8 Å². The Morgan fingerprint density at radius 3 is 2.59 bits per heavy atom. The van der Waals surface area contributed by atoms with Crippen LogP contribution in [0.2, 0.25) is 0 Å². The summed E-state index contributed by atoms with van der Waals surface area (Å²) in [6.07, 6.45) is 5.77. The predicted octanol–water partition coefficient (Wildman–Crippen LogP) is 4.60. The summed E-state index contributed by atoms with van der Waals surface area (Å²) in [5.41, 5.74) is 1.87. The summed E-state index contributed by atoms with van der Waals surface area (Å²) < 4.78 is 13.2. The highest BCUT2D eigenvalue weighted by Crippen LogP contribution is 2.27. The number of hydrogen-bond donors (Lipinski definition) is 1. The maximum Gasteiger partial charge on any atom is 0.255 e. The van der Waals surface area contributed by atoms with Crippen molar-refractivity contribution in [3.63, 3.8) is 0 Å². The van der Waals surface area contributed by atoms with E-state index in [1.54, 1.807) is 17.1 Å². The molecule has 0 bridgehead atoms. The number of amides is 1. The Kier molecular flexibility index (Phi) is 5.64. The maximum atomic E-state index is 13.3. The van der Waals surface area contributed by atoms with Crippen LogP contribution in [0.3, 0.4) is 0 Å². The lowest BCUT2D eigenvalue weighted by atomic mass is 10.1. The zero-order valence-electron chi connectivity index (χ0n) is 18.0. The number of carbonyl (C=O) groups excluding carboxylic acids is 1. The van der Waals surface area contributed by atoms with Crippen molar-refractivity contribution in [2.24, 2.45) is 0 Å². The molecule has 7 nitrogen and oxygen atoms in total. The van der Waals surface area contributed by atoms with Crippen LogP contribution in [0.1, 0.15) is 40.8 Å². The molecule has 1 atom stereocenters. The SMILES string of the molecule is Cc1ccc(-c2nn(-c3ccccc3)cc2C(=O)NCC(c2ccco2)N2CCCC2)o1. The first-order chi connectivity index (χ1) is 15.7. The zero-order valence-corrected chi connectivity index (χ0v) is 18.0. The summed E-state index contributed by atoms with van der Waals surface area (Å²) >= 11 is 0. The van der Waals surface area contributed by atoms with Crippen LogP contribution in [-0.2, 0) is 0 Å². The van der Waals surface area contributed by atoms with Gasteiger partial charge in [0.2, 0.25) is 0 Å². The second-order valence-corrected chi connectivity index (χ2v) is 8.07. The van der Waals surface area contributed by atoms with Crippen molar-refractivity contribution >= 4 is 5.91 Å². The third-order valence-corrected chi connectivity index (χ3v) is 5.86. The summed E-state index contributed by atoms with van der Waals surface area (Å²) in [6, 6.07) is 17.3. The highest BCUT2D eigenvalue weighted by atomic mass is 16.3. The molecule has 1 N–H and O–H groups in total. The fourth-order valence-electron chi connectivity index (χ4n) is 4.23. The second kappa shape index (κ2) is 8.88. The molecule has 1 aliphatic rings. The van der Waals surface area contributed by atoms with Gasteiger partial charge in [-0.15, -0.1) is 0 Å². The molecule has 164 valence electrons. The van der Waals surface area contributed by atoms with Gasteiger partial charge in [0.15, 0.2) is 5.76 Å². The van der Waals surface area contributed by atoms with Crippen LogP contribution in [-0.4, -0.2) is 40.2 Å². The van der Waals surface area contributed by atoms with Crippen molar-refractivity contribution in [1.29, 1.82) is 0 Å². The standard InChI is InChI=1S/C25H26N4O3/c1-18-11-12-23(32-18)24-20(17-29(27-24)19-8-3-2-4-9-19)25(30)26-16-21(22-10-7-15-31-22)28-13-5-6-14-28/h2-4,7-12,15,17,21H,5-6,13-14,16H2,1H3,(H,26,30). The molecule has 1 unspecified atom stereocenters. The Balaban J connectivity index is 1.42. The first-order valence-corrected chi connectivity index (χ1v) is 11.0. The van der Waals surface area contributed by atoms with Gasteiger partial charge in [-0.3, -0.25) is 9.69 Å². The largest absolute Gasteiger partial charge is 0.468 e. The van der Waals surface area contributed by atoms with Crippen LogP contribution in [0.15, 0.2) is 75.9 Å². The van der Waals surface area contributed by atoms with Gasteiger partial charge in [0, 0.05) is 12.7 Å². The lowest BCUT2D eigenvalue weighted by Gasteiger charge is -2.25. The van der Waals surface area contributed by atoms with E-state index in [1.165, 1.54) is 0 Å². The minimum atomic E-state index is -0.188. The van der Waals surface area contributed by atoms with Crippen LogP contribution in [0, 0.1) is 6.92 Å². The Hall–Kier alpha value is -3.58.